The molecule has 2 N–H and O–H groups in total. The topological polar surface area (TPSA) is 61.0 Å². The van der Waals surface area contributed by atoms with Gasteiger partial charge in [-0.3, -0.25) is 0 Å². The van der Waals surface area contributed by atoms with Crippen LogP contribution < -0.4 is 10.5 Å². The van der Waals surface area contributed by atoms with Crippen molar-refractivity contribution in [2.24, 2.45) is 5.73 Å². The van der Waals surface area contributed by atoms with Gasteiger partial charge in [-0.2, -0.15) is 0 Å². The Hall–Kier alpha value is -0.430. The predicted octanol–water partition coefficient (Wildman–Crippen LogP) is 1.34. The normalized spacial score (nSPS) is 26.4. The van der Waals surface area contributed by atoms with E-state index in [2.05, 4.69) is 32.6 Å². The highest BCUT2D eigenvalue weighted by Crippen LogP contribution is 2.21. The maximum atomic E-state index is 5.78. The number of halogens is 1. The summed E-state index contributed by atoms with van der Waals surface area (Å²) >= 11 is 2.16. The van der Waals surface area contributed by atoms with Crippen LogP contribution >= 0.6 is 22.6 Å². The van der Waals surface area contributed by atoms with Crippen molar-refractivity contribution < 1.29 is 4.74 Å². The molecule has 1 fully saturated rings. The maximum absolute atomic E-state index is 5.78. The van der Waals surface area contributed by atoms with Gasteiger partial charge in [0.15, 0.2) is 0 Å². The second-order valence-electron chi connectivity index (χ2n) is 3.50. The van der Waals surface area contributed by atoms with Crippen LogP contribution in [0.4, 0.5) is 0 Å². The van der Waals surface area contributed by atoms with E-state index in [-0.39, 0.29) is 12.1 Å². The van der Waals surface area contributed by atoms with Crippen molar-refractivity contribution in [1.29, 1.82) is 0 Å². The van der Waals surface area contributed by atoms with E-state index in [1.54, 1.807) is 12.4 Å². The quantitative estimate of drug-likeness (QED) is 0.838. The number of nitrogens with two attached hydrogens (primary N) is 1. The monoisotopic (exact) mass is 305 g/mol. The molecule has 0 amide bonds. The lowest BCUT2D eigenvalue weighted by molar-refractivity contribution is 0.190. The average Bonchev–Trinajstić information content (AvgIpc) is 2.56. The Morgan fingerprint density at radius 3 is 2.64 bits per heavy atom. The van der Waals surface area contributed by atoms with E-state index >= 15 is 0 Å². The Labute approximate surface area is 96.4 Å². The zero-order chi connectivity index (χ0) is 9.97. The van der Waals surface area contributed by atoms with Gasteiger partial charge >= 0.3 is 6.01 Å². The molecule has 1 saturated carbocycles. The highest BCUT2D eigenvalue weighted by molar-refractivity contribution is 14.1. The molecule has 2 unspecified atom stereocenters. The van der Waals surface area contributed by atoms with Gasteiger partial charge in [0.1, 0.15) is 6.10 Å². The molecule has 0 aromatic carbocycles. The summed E-state index contributed by atoms with van der Waals surface area (Å²) in [4.78, 5) is 8.17. The molecule has 0 saturated heterocycles. The first-order valence-electron chi connectivity index (χ1n) is 4.64. The van der Waals surface area contributed by atoms with Crippen LogP contribution in [-0.4, -0.2) is 22.1 Å². The summed E-state index contributed by atoms with van der Waals surface area (Å²) in [6.45, 7) is 0. The van der Waals surface area contributed by atoms with Gasteiger partial charge in [-0.05, 0) is 41.9 Å². The van der Waals surface area contributed by atoms with Crippen LogP contribution in [0.2, 0.25) is 0 Å². The van der Waals surface area contributed by atoms with Crippen molar-refractivity contribution in [2.75, 3.05) is 0 Å². The van der Waals surface area contributed by atoms with Crippen LogP contribution in [0.3, 0.4) is 0 Å². The molecule has 76 valence electrons. The molecule has 2 atom stereocenters. The maximum Gasteiger partial charge on any atom is 0.316 e. The summed E-state index contributed by atoms with van der Waals surface area (Å²) < 4.78 is 6.61. The molecule has 14 heavy (non-hydrogen) atoms. The van der Waals surface area contributed by atoms with Crippen molar-refractivity contribution in [3.63, 3.8) is 0 Å². The number of nitrogens with zero attached hydrogens (tertiary/aromatic N) is 2. The van der Waals surface area contributed by atoms with Gasteiger partial charge in [0, 0.05) is 22.0 Å². The fourth-order valence-corrected chi connectivity index (χ4v) is 1.87. The van der Waals surface area contributed by atoms with Crippen molar-refractivity contribution in [3.05, 3.63) is 16.0 Å². The lowest BCUT2D eigenvalue weighted by atomic mass is 10.3. The molecule has 1 aliphatic carbocycles. The van der Waals surface area contributed by atoms with Crippen molar-refractivity contribution in [1.82, 2.24) is 9.97 Å². The highest BCUT2D eigenvalue weighted by Gasteiger charge is 2.23. The van der Waals surface area contributed by atoms with Crippen molar-refractivity contribution in [2.45, 2.75) is 31.4 Å². The SMILES string of the molecule is NC1CCC(Oc2ncc(I)cn2)C1. The summed E-state index contributed by atoms with van der Waals surface area (Å²) in [5.41, 5.74) is 5.78. The van der Waals surface area contributed by atoms with Crippen LogP contribution in [0.1, 0.15) is 19.3 Å². The largest absolute Gasteiger partial charge is 0.460 e. The van der Waals surface area contributed by atoms with Crippen LogP contribution in [0.15, 0.2) is 12.4 Å². The molecule has 1 aromatic heterocycles. The van der Waals surface area contributed by atoms with E-state index in [1.807, 2.05) is 0 Å². The van der Waals surface area contributed by atoms with E-state index in [1.165, 1.54) is 0 Å². The summed E-state index contributed by atoms with van der Waals surface area (Å²) in [5, 5.41) is 0. The molecule has 1 heterocycles. The molecule has 4 nitrogen and oxygen atoms in total. The molecule has 0 bridgehead atoms. The third-order valence-electron chi connectivity index (χ3n) is 2.29. The minimum Gasteiger partial charge on any atom is -0.460 e. The lowest BCUT2D eigenvalue weighted by Crippen LogP contribution is -2.19. The molecule has 0 radical (unpaired) electrons. The highest BCUT2D eigenvalue weighted by atomic mass is 127. The van der Waals surface area contributed by atoms with Gasteiger partial charge in [0.2, 0.25) is 0 Å². The number of hydrogen-bond donors (Lipinski definition) is 1. The number of ether oxygens (including phenoxy) is 1. The second-order valence-corrected chi connectivity index (χ2v) is 4.74. The predicted molar refractivity (Wildman–Crippen MR) is 61.0 cm³/mol. The third kappa shape index (κ3) is 2.54. The molecular formula is C9H12IN3O. The summed E-state index contributed by atoms with van der Waals surface area (Å²) in [5.74, 6) is 0. The first kappa shape index (κ1) is 10.1. The summed E-state index contributed by atoms with van der Waals surface area (Å²) in [6.07, 6.45) is 6.65. The van der Waals surface area contributed by atoms with Gasteiger partial charge in [0.25, 0.3) is 0 Å². The van der Waals surface area contributed by atoms with E-state index < -0.39 is 0 Å². The number of rotatable bonds is 2. The molecular weight excluding hydrogens is 293 g/mol. The van der Waals surface area contributed by atoms with E-state index in [4.69, 9.17) is 10.5 Å². The standard InChI is InChI=1S/C9H12IN3O/c10-6-4-12-9(13-5-6)14-8-2-1-7(11)3-8/h4-5,7-8H,1-3,11H2. The second kappa shape index (κ2) is 4.39. The minimum absolute atomic E-state index is 0.199. The first-order valence-corrected chi connectivity index (χ1v) is 5.71. The van der Waals surface area contributed by atoms with Crippen LogP contribution in [0.5, 0.6) is 6.01 Å². The smallest absolute Gasteiger partial charge is 0.316 e. The lowest BCUT2D eigenvalue weighted by Gasteiger charge is -2.10. The Kier molecular flexibility index (Phi) is 3.17. The number of aromatic nitrogens is 2. The van der Waals surface area contributed by atoms with Gasteiger partial charge < -0.3 is 10.5 Å². The molecule has 1 aliphatic rings. The zero-order valence-electron chi connectivity index (χ0n) is 7.69. The van der Waals surface area contributed by atoms with Crippen LogP contribution in [0.25, 0.3) is 0 Å². The third-order valence-corrected chi connectivity index (χ3v) is 2.85. The summed E-state index contributed by atoms with van der Waals surface area (Å²) in [6, 6.07) is 0.744. The Balaban J connectivity index is 1.94. The molecule has 2 rings (SSSR count). The van der Waals surface area contributed by atoms with Crippen LogP contribution in [0, 0.1) is 3.57 Å². The Bertz CT molecular complexity index is 303. The van der Waals surface area contributed by atoms with E-state index in [9.17, 15) is 0 Å². The minimum atomic E-state index is 0.199. The molecule has 5 heteroatoms. The Morgan fingerprint density at radius 1 is 1.36 bits per heavy atom. The van der Waals surface area contributed by atoms with Crippen molar-refractivity contribution >= 4 is 22.6 Å². The molecule has 0 aliphatic heterocycles. The first-order chi connectivity index (χ1) is 6.74. The van der Waals surface area contributed by atoms with E-state index in [0.29, 0.717) is 6.01 Å². The summed E-state index contributed by atoms with van der Waals surface area (Å²) in [7, 11) is 0. The van der Waals surface area contributed by atoms with Gasteiger partial charge in [-0.15, -0.1) is 0 Å². The van der Waals surface area contributed by atoms with Gasteiger partial charge in [-0.25, -0.2) is 9.97 Å². The Morgan fingerprint density at radius 2 is 2.07 bits per heavy atom. The van der Waals surface area contributed by atoms with Gasteiger partial charge in [-0.1, -0.05) is 0 Å². The molecule has 0 spiro atoms. The zero-order valence-corrected chi connectivity index (χ0v) is 9.85. The van der Waals surface area contributed by atoms with E-state index in [0.717, 1.165) is 22.8 Å². The van der Waals surface area contributed by atoms with Crippen LogP contribution in [-0.2, 0) is 0 Å². The van der Waals surface area contributed by atoms with Crippen molar-refractivity contribution in [3.8, 4) is 6.01 Å². The fraction of sp³-hybridized carbons (Fsp3) is 0.556. The number of hydrogen-bond acceptors (Lipinski definition) is 4. The molecule has 1 aromatic rings. The van der Waals surface area contributed by atoms with Gasteiger partial charge in [0.05, 0.1) is 0 Å². The fourth-order valence-electron chi connectivity index (χ4n) is 1.59. The average molecular weight is 305 g/mol.